The molecule has 1 N–H and O–H groups in total. The highest BCUT2D eigenvalue weighted by atomic mass is 16.5. The van der Waals surface area contributed by atoms with Crippen LogP contribution in [-0.2, 0) is 13.2 Å². The third-order valence-corrected chi connectivity index (χ3v) is 2.34. The van der Waals surface area contributed by atoms with Crippen LogP contribution in [0, 0.1) is 6.92 Å². The van der Waals surface area contributed by atoms with Crippen molar-refractivity contribution in [2.45, 2.75) is 20.1 Å². The molecule has 0 atom stereocenters. The van der Waals surface area contributed by atoms with E-state index in [0.717, 1.165) is 11.3 Å². The molecule has 17 heavy (non-hydrogen) atoms. The molecular weight excluding hydrogens is 216 g/mol. The van der Waals surface area contributed by atoms with Gasteiger partial charge in [0.15, 0.2) is 0 Å². The Morgan fingerprint density at radius 1 is 1.29 bits per heavy atom. The lowest BCUT2D eigenvalue weighted by atomic mass is 10.3. The van der Waals surface area contributed by atoms with Gasteiger partial charge >= 0.3 is 0 Å². The van der Waals surface area contributed by atoms with Crippen molar-refractivity contribution < 1.29 is 9.84 Å². The maximum absolute atomic E-state index is 9.19. The second-order valence-corrected chi connectivity index (χ2v) is 3.71. The Balaban J connectivity index is 2.09. The summed E-state index contributed by atoms with van der Waals surface area (Å²) in [7, 11) is 0. The van der Waals surface area contributed by atoms with E-state index in [9.17, 15) is 5.11 Å². The van der Waals surface area contributed by atoms with Crippen LogP contribution < -0.4 is 4.74 Å². The Kier molecular flexibility index (Phi) is 3.67. The molecule has 0 aliphatic carbocycles. The molecule has 2 rings (SSSR count). The predicted octanol–water partition coefficient (Wildman–Crippen LogP) is 1.86. The first-order valence-corrected chi connectivity index (χ1v) is 5.38. The minimum atomic E-state index is -0.121. The number of aliphatic hydroxyl groups is 1. The van der Waals surface area contributed by atoms with Crippen molar-refractivity contribution in [2.24, 2.45) is 0 Å². The van der Waals surface area contributed by atoms with E-state index in [-0.39, 0.29) is 6.61 Å². The summed E-state index contributed by atoms with van der Waals surface area (Å²) >= 11 is 0. The van der Waals surface area contributed by atoms with Crippen molar-refractivity contribution in [3.05, 3.63) is 53.6 Å². The van der Waals surface area contributed by atoms with Crippen molar-refractivity contribution in [2.75, 3.05) is 0 Å². The standard InChI is InChI=1S/C13H14N2O2/c1-10-4-5-13(12(8-16)15-10)17-9-11-3-2-6-14-7-11/h2-7,16H,8-9H2,1H3. The van der Waals surface area contributed by atoms with Crippen LogP contribution in [0.2, 0.25) is 0 Å². The predicted molar refractivity (Wildman–Crippen MR) is 63.5 cm³/mol. The molecule has 0 fully saturated rings. The molecule has 2 heterocycles. The second-order valence-electron chi connectivity index (χ2n) is 3.71. The van der Waals surface area contributed by atoms with Gasteiger partial charge in [0.2, 0.25) is 0 Å². The molecule has 4 nitrogen and oxygen atoms in total. The van der Waals surface area contributed by atoms with Gasteiger partial charge in [-0.1, -0.05) is 6.07 Å². The average Bonchev–Trinajstić information content (AvgIpc) is 2.38. The number of nitrogens with zero attached hydrogens (tertiary/aromatic N) is 2. The van der Waals surface area contributed by atoms with E-state index in [0.29, 0.717) is 18.1 Å². The number of aliphatic hydroxyl groups excluding tert-OH is 1. The van der Waals surface area contributed by atoms with Crippen LogP contribution in [0.4, 0.5) is 0 Å². The van der Waals surface area contributed by atoms with Crippen molar-refractivity contribution in [1.82, 2.24) is 9.97 Å². The fourth-order valence-electron chi connectivity index (χ4n) is 1.49. The number of aryl methyl sites for hydroxylation is 1. The molecule has 0 unspecified atom stereocenters. The first kappa shape index (κ1) is 11.5. The Morgan fingerprint density at radius 3 is 2.88 bits per heavy atom. The number of hydrogen-bond donors (Lipinski definition) is 1. The topological polar surface area (TPSA) is 55.2 Å². The zero-order valence-electron chi connectivity index (χ0n) is 9.63. The van der Waals surface area contributed by atoms with Crippen LogP contribution in [0.1, 0.15) is 17.0 Å². The van der Waals surface area contributed by atoms with Crippen molar-refractivity contribution >= 4 is 0 Å². The second kappa shape index (κ2) is 5.41. The highest BCUT2D eigenvalue weighted by Crippen LogP contribution is 2.18. The van der Waals surface area contributed by atoms with Crippen LogP contribution in [0.15, 0.2) is 36.7 Å². The van der Waals surface area contributed by atoms with Gasteiger partial charge in [0.05, 0.1) is 6.61 Å². The Labute approximate surface area is 99.9 Å². The van der Waals surface area contributed by atoms with Gasteiger partial charge in [0.1, 0.15) is 18.1 Å². The monoisotopic (exact) mass is 230 g/mol. The number of aromatic nitrogens is 2. The van der Waals surface area contributed by atoms with E-state index in [1.54, 1.807) is 12.4 Å². The third-order valence-electron chi connectivity index (χ3n) is 2.34. The van der Waals surface area contributed by atoms with Gasteiger partial charge in [-0.3, -0.25) is 9.97 Å². The SMILES string of the molecule is Cc1ccc(OCc2cccnc2)c(CO)n1. The lowest BCUT2D eigenvalue weighted by Gasteiger charge is -2.09. The molecule has 4 heteroatoms. The lowest BCUT2D eigenvalue weighted by Crippen LogP contribution is -2.01. The summed E-state index contributed by atoms with van der Waals surface area (Å²) in [5, 5.41) is 9.19. The van der Waals surface area contributed by atoms with Crippen LogP contribution in [0.3, 0.4) is 0 Å². The highest BCUT2D eigenvalue weighted by Gasteiger charge is 2.05. The normalized spacial score (nSPS) is 10.2. The van der Waals surface area contributed by atoms with Gasteiger partial charge in [-0.25, -0.2) is 0 Å². The molecular formula is C13H14N2O2. The van der Waals surface area contributed by atoms with Gasteiger partial charge in [-0.05, 0) is 25.1 Å². The van der Waals surface area contributed by atoms with Crippen LogP contribution >= 0.6 is 0 Å². The minimum Gasteiger partial charge on any atom is -0.487 e. The smallest absolute Gasteiger partial charge is 0.143 e. The minimum absolute atomic E-state index is 0.121. The molecule has 0 aliphatic rings. The Bertz CT molecular complexity index is 486. The van der Waals surface area contributed by atoms with Gasteiger partial charge in [-0.2, -0.15) is 0 Å². The molecule has 0 aromatic carbocycles. The highest BCUT2D eigenvalue weighted by molar-refractivity contribution is 5.29. The molecule has 2 aromatic heterocycles. The number of hydrogen-bond acceptors (Lipinski definition) is 4. The zero-order valence-corrected chi connectivity index (χ0v) is 9.63. The van der Waals surface area contributed by atoms with Gasteiger partial charge in [0, 0.05) is 23.7 Å². The maximum Gasteiger partial charge on any atom is 0.143 e. The van der Waals surface area contributed by atoms with E-state index < -0.39 is 0 Å². The molecule has 88 valence electrons. The fourth-order valence-corrected chi connectivity index (χ4v) is 1.49. The summed E-state index contributed by atoms with van der Waals surface area (Å²) in [6, 6.07) is 7.48. The fraction of sp³-hybridized carbons (Fsp3) is 0.231. The third kappa shape index (κ3) is 3.01. The number of pyridine rings is 2. The molecule has 0 radical (unpaired) electrons. The average molecular weight is 230 g/mol. The molecule has 0 saturated carbocycles. The van der Waals surface area contributed by atoms with Crippen molar-refractivity contribution in [3.8, 4) is 5.75 Å². The van der Waals surface area contributed by atoms with Crippen molar-refractivity contribution in [1.29, 1.82) is 0 Å². The van der Waals surface area contributed by atoms with Gasteiger partial charge in [0.25, 0.3) is 0 Å². The molecule has 0 amide bonds. The summed E-state index contributed by atoms with van der Waals surface area (Å²) in [4.78, 5) is 8.22. The molecule has 0 aliphatic heterocycles. The molecule has 0 saturated heterocycles. The Hall–Kier alpha value is -1.94. The van der Waals surface area contributed by atoms with E-state index in [4.69, 9.17) is 4.74 Å². The molecule has 0 bridgehead atoms. The Morgan fingerprint density at radius 2 is 2.18 bits per heavy atom. The summed E-state index contributed by atoms with van der Waals surface area (Å²) in [5.41, 5.74) is 2.41. The summed E-state index contributed by atoms with van der Waals surface area (Å²) in [5.74, 6) is 0.613. The lowest BCUT2D eigenvalue weighted by molar-refractivity contribution is 0.253. The van der Waals surface area contributed by atoms with Crippen LogP contribution in [0.5, 0.6) is 5.75 Å². The largest absolute Gasteiger partial charge is 0.487 e. The number of ether oxygens (including phenoxy) is 1. The number of rotatable bonds is 4. The maximum atomic E-state index is 9.19. The van der Waals surface area contributed by atoms with Gasteiger partial charge in [-0.15, -0.1) is 0 Å². The first-order chi connectivity index (χ1) is 8.29. The van der Waals surface area contributed by atoms with E-state index in [2.05, 4.69) is 9.97 Å². The van der Waals surface area contributed by atoms with Crippen molar-refractivity contribution in [3.63, 3.8) is 0 Å². The molecule has 0 spiro atoms. The molecule has 2 aromatic rings. The van der Waals surface area contributed by atoms with Crippen LogP contribution in [-0.4, -0.2) is 15.1 Å². The van der Waals surface area contributed by atoms with E-state index >= 15 is 0 Å². The van der Waals surface area contributed by atoms with Gasteiger partial charge < -0.3 is 9.84 Å². The summed E-state index contributed by atoms with van der Waals surface area (Å²) in [6.45, 7) is 2.18. The van der Waals surface area contributed by atoms with E-state index in [1.807, 2.05) is 31.2 Å². The summed E-state index contributed by atoms with van der Waals surface area (Å²) < 4.78 is 5.61. The first-order valence-electron chi connectivity index (χ1n) is 5.38. The quantitative estimate of drug-likeness (QED) is 0.871. The summed E-state index contributed by atoms with van der Waals surface area (Å²) in [6.07, 6.45) is 3.47. The zero-order chi connectivity index (χ0) is 12.1. The van der Waals surface area contributed by atoms with E-state index in [1.165, 1.54) is 0 Å². The van der Waals surface area contributed by atoms with Crippen LogP contribution in [0.25, 0.3) is 0 Å².